The highest BCUT2D eigenvalue weighted by atomic mass is 127. The van der Waals surface area contributed by atoms with E-state index in [-0.39, 0.29) is 0 Å². The quantitative estimate of drug-likeness (QED) is 0.140. The van der Waals surface area contributed by atoms with Crippen LogP contribution < -0.4 is 0 Å². The highest BCUT2D eigenvalue weighted by molar-refractivity contribution is 14.1. The zero-order valence-electron chi connectivity index (χ0n) is 20.5. The number of hydrogen-bond donors (Lipinski definition) is 0. The van der Waals surface area contributed by atoms with Gasteiger partial charge in [-0.1, -0.05) is 142 Å². The van der Waals surface area contributed by atoms with Gasteiger partial charge in [0.1, 0.15) is 0 Å². The minimum absolute atomic E-state index is 0.571. The Labute approximate surface area is 214 Å². The second kappa shape index (κ2) is 7.11. The number of hydrogen-bond acceptors (Lipinski definition) is 0. The average Bonchev–Trinajstić information content (AvgIpc) is 2.86. The summed E-state index contributed by atoms with van der Waals surface area (Å²) >= 11 is 3.01. The predicted molar refractivity (Wildman–Crippen MR) is 147 cm³/mol. The molecule has 0 nitrogen and oxygen atoms in total. The summed E-state index contributed by atoms with van der Waals surface area (Å²) in [4.78, 5) is 0. The summed E-state index contributed by atoms with van der Waals surface area (Å²) in [6.45, 7) is 4.70. The van der Waals surface area contributed by atoms with Crippen LogP contribution in [0.1, 0.15) is 83.6 Å². The molecule has 8 rings (SSSR count). The van der Waals surface area contributed by atoms with Crippen molar-refractivity contribution in [3.8, 4) is 11.1 Å². The van der Waals surface area contributed by atoms with E-state index in [0.29, 0.717) is 14.3 Å². The summed E-state index contributed by atoms with van der Waals surface area (Å²) in [5.41, 5.74) is 6.46. The SMILES string of the molecule is CCCCCCC12C3C4C1(I)C1C2C3(c2ccc(-c3ccccc3)cc2)C41CCCCCC. The lowest BCUT2D eigenvalue weighted by atomic mass is 8.87. The molecular formula is C32H39I. The Morgan fingerprint density at radius 2 is 1.15 bits per heavy atom. The van der Waals surface area contributed by atoms with Gasteiger partial charge in [0.05, 0.1) is 0 Å². The molecule has 1 heteroatoms. The fraction of sp³-hybridized carbons (Fsp3) is 0.625. The molecule has 6 fully saturated rings. The molecular weight excluding hydrogens is 511 g/mol. The van der Waals surface area contributed by atoms with Gasteiger partial charge in [-0.25, -0.2) is 0 Å². The second-order valence-corrected chi connectivity index (χ2v) is 14.0. The van der Waals surface area contributed by atoms with Gasteiger partial charge in [0.2, 0.25) is 0 Å². The third-order valence-corrected chi connectivity index (χ3v) is 14.0. The largest absolute Gasteiger partial charge is 0.0776 e. The van der Waals surface area contributed by atoms with Gasteiger partial charge < -0.3 is 0 Å². The molecule has 0 saturated heterocycles. The molecule has 0 bridgehead atoms. The van der Waals surface area contributed by atoms with Crippen LogP contribution in [0.5, 0.6) is 0 Å². The molecule has 6 aliphatic rings. The minimum atomic E-state index is 0.571. The molecule has 0 heterocycles. The average molecular weight is 551 g/mol. The first-order chi connectivity index (χ1) is 16.2. The first kappa shape index (κ1) is 21.5. The molecule has 4 unspecified atom stereocenters. The van der Waals surface area contributed by atoms with Gasteiger partial charge in [-0.2, -0.15) is 0 Å². The highest BCUT2D eigenvalue weighted by Crippen LogP contribution is 3.18. The van der Waals surface area contributed by atoms with Crippen LogP contribution in [-0.4, -0.2) is 3.42 Å². The molecule has 0 amide bonds. The van der Waals surface area contributed by atoms with Gasteiger partial charge in [0, 0.05) is 8.84 Å². The standard InChI is InChI=1S/C32H39I/c1-3-5-7-12-20-29-27-25-30(21-13-8-6-4-2)26(28(29)32(27,30)33)31(25,29)24-18-16-23(17-19-24)22-14-10-9-11-15-22/h9-11,14-19,25-28H,3-8,12-13,20-21H2,1-2H3. The lowest BCUT2D eigenvalue weighted by molar-refractivity contribution is -0.650. The van der Waals surface area contributed by atoms with Crippen LogP contribution in [0.15, 0.2) is 54.6 Å². The molecule has 0 spiro atoms. The Morgan fingerprint density at radius 1 is 0.606 bits per heavy atom. The Kier molecular flexibility index (Phi) is 4.62. The van der Waals surface area contributed by atoms with Crippen LogP contribution in [0.2, 0.25) is 0 Å². The predicted octanol–water partition coefficient (Wildman–Crippen LogP) is 9.21. The molecule has 0 aliphatic heterocycles. The van der Waals surface area contributed by atoms with Crippen molar-refractivity contribution >= 4 is 22.6 Å². The molecule has 6 saturated carbocycles. The summed E-state index contributed by atoms with van der Waals surface area (Å²) in [6, 6.07) is 20.9. The lowest BCUT2D eigenvalue weighted by Gasteiger charge is -3.19. The van der Waals surface area contributed by atoms with E-state index >= 15 is 0 Å². The fourth-order valence-corrected chi connectivity index (χ4v) is 13.8. The van der Waals surface area contributed by atoms with Crippen LogP contribution in [-0.2, 0) is 5.41 Å². The first-order valence-electron chi connectivity index (χ1n) is 14.0. The maximum absolute atomic E-state index is 3.01. The van der Waals surface area contributed by atoms with Crippen LogP contribution in [0.3, 0.4) is 0 Å². The van der Waals surface area contributed by atoms with E-state index in [2.05, 4.69) is 91.0 Å². The highest BCUT2D eigenvalue weighted by Gasteiger charge is 3.18. The zero-order chi connectivity index (χ0) is 22.5. The van der Waals surface area contributed by atoms with E-state index in [1.807, 2.05) is 0 Å². The van der Waals surface area contributed by atoms with Crippen molar-refractivity contribution in [1.82, 2.24) is 0 Å². The topological polar surface area (TPSA) is 0 Å². The Balaban J connectivity index is 1.18. The summed E-state index contributed by atoms with van der Waals surface area (Å²) in [6.07, 6.45) is 14.5. The first-order valence-corrected chi connectivity index (χ1v) is 15.1. The normalized spacial score (nSPS) is 44.1. The molecule has 2 aromatic carbocycles. The molecule has 33 heavy (non-hydrogen) atoms. The maximum Gasteiger partial charge on any atom is 0.0358 e. The van der Waals surface area contributed by atoms with Crippen molar-refractivity contribution < 1.29 is 0 Å². The van der Waals surface area contributed by atoms with Gasteiger partial charge in [0.15, 0.2) is 0 Å². The third kappa shape index (κ3) is 2.00. The summed E-state index contributed by atoms with van der Waals surface area (Å²) in [7, 11) is 0. The number of unbranched alkanes of at least 4 members (excludes halogenated alkanes) is 6. The van der Waals surface area contributed by atoms with Gasteiger partial charge in [-0.15, -0.1) is 0 Å². The maximum atomic E-state index is 3.01. The van der Waals surface area contributed by atoms with E-state index in [0.717, 1.165) is 29.1 Å². The third-order valence-electron chi connectivity index (χ3n) is 11.6. The second-order valence-electron chi connectivity index (χ2n) is 12.2. The van der Waals surface area contributed by atoms with Crippen LogP contribution in [0, 0.1) is 34.5 Å². The van der Waals surface area contributed by atoms with Gasteiger partial charge >= 0.3 is 0 Å². The summed E-state index contributed by atoms with van der Waals surface area (Å²) in [5.74, 6) is 4.16. The van der Waals surface area contributed by atoms with Crippen molar-refractivity contribution in [3.05, 3.63) is 60.2 Å². The molecule has 0 radical (unpaired) electrons. The molecule has 2 aromatic rings. The Hall–Kier alpha value is -0.830. The zero-order valence-corrected chi connectivity index (χ0v) is 22.6. The Bertz CT molecular complexity index is 1030. The molecule has 4 atom stereocenters. The number of benzene rings is 2. The molecule has 174 valence electrons. The number of alkyl halides is 1. The lowest BCUT2D eigenvalue weighted by Crippen LogP contribution is -3.20. The van der Waals surface area contributed by atoms with Crippen LogP contribution in [0.4, 0.5) is 0 Å². The summed E-state index contributed by atoms with van der Waals surface area (Å²) < 4.78 is 0.711. The molecule has 0 N–H and O–H groups in total. The van der Waals surface area contributed by atoms with E-state index in [9.17, 15) is 0 Å². The van der Waals surface area contributed by atoms with Crippen molar-refractivity contribution in [2.75, 3.05) is 0 Å². The number of rotatable bonds is 12. The van der Waals surface area contributed by atoms with Crippen LogP contribution in [0.25, 0.3) is 11.1 Å². The van der Waals surface area contributed by atoms with E-state index in [1.165, 1.54) is 75.3 Å². The van der Waals surface area contributed by atoms with Gasteiger partial charge in [-0.05, 0) is 64.0 Å². The molecule has 6 aliphatic carbocycles. The fourth-order valence-electron chi connectivity index (χ4n) is 11.0. The number of halogens is 1. The van der Waals surface area contributed by atoms with Crippen molar-refractivity contribution in [3.63, 3.8) is 0 Å². The van der Waals surface area contributed by atoms with Crippen molar-refractivity contribution in [1.29, 1.82) is 0 Å². The molecule has 0 aromatic heterocycles. The van der Waals surface area contributed by atoms with Crippen molar-refractivity contribution in [2.24, 2.45) is 34.5 Å². The van der Waals surface area contributed by atoms with E-state index in [1.54, 1.807) is 5.56 Å². The summed E-state index contributed by atoms with van der Waals surface area (Å²) in [5, 5.41) is 0. The monoisotopic (exact) mass is 550 g/mol. The van der Waals surface area contributed by atoms with E-state index < -0.39 is 0 Å². The van der Waals surface area contributed by atoms with Crippen LogP contribution >= 0.6 is 22.6 Å². The minimum Gasteiger partial charge on any atom is -0.0776 e. The van der Waals surface area contributed by atoms with Crippen molar-refractivity contribution in [2.45, 2.75) is 86.9 Å². The van der Waals surface area contributed by atoms with E-state index in [4.69, 9.17) is 0 Å². The van der Waals surface area contributed by atoms with Gasteiger partial charge in [0.25, 0.3) is 0 Å². The smallest absolute Gasteiger partial charge is 0.0358 e. The Morgan fingerprint density at radius 3 is 1.73 bits per heavy atom. The van der Waals surface area contributed by atoms with Gasteiger partial charge in [-0.3, -0.25) is 0 Å².